The monoisotopic (exact) mass is 194 g/mol. The second-order valence-corrected chi connectivity index (χ2v) is 3.26. The number of anilines is 2. The minimum absolute atomic E-state index is 0.725. The smallest absolute Gasteiger partial charge is 0.0647 e. The van der Waals surface area contributed by atoms with Crippen LogP contribution in [0.15, 0.2) is 35.9 Å². The van der Waals surface area contributed by atoms with Crippen molar-refractivity contribution in [1.29, 1.82) is 0 Å². The van der Waals surface area contributed by atoms with Gasteiger partial charge in [-0.3, -0.25) is 0 Å². The highest BCUT2D eigenvalue weighted by Crippen LogP contribution is 2.26. The van der Waals surface area contributed by atoms with E-state index >= 15 is 0 Å². The highest BCUT2D eigenvalue weighted by atomic mass is 32.1. The standard InChI is InChI=1S/C10H14N2S/c1-8(13)12(3)10-7-5-4-6-9(10)11-2/h4-7,11,13H,1H2,2-3H3. The topological polar surface area (TPSA) is 15.3 Å². The molecule has 0 heterocycles. The molecule has 1 N–H and O–H groups in total. The summed E-state index contributed by atoms with van der Waals surface area (Å²) in [5, 5.41) is 3.84. The van der Waals surface area contributed by atoms with Crippen LogP contribution in [0, 0.1) is 0 Å². The van der Waals surface area contributed by atoms with Crippen LogP contribution in [0.2, 0.25) is 0 Å². The van der Waals surface area contributed by atoms with E-state index in [0.717, 1.165) is 16.4 Å². The first-order valence-electron chi connectivity index (χ1n) is 4.05. The molecule has 0 saturated carbocycles. The summed E-state index contributed by atoms with van der Waals surface area (Å²) in [6.07, 6.45) is 0. The van der Waals surface area contributed by atoms with Crippen molar-refractivity contribution in [2.24, 2.45) is 0 Å². The Morgan fingerprint density at radius 1 is 1.46 bits per heavy atom. The van der Waals surface area contributed by atoms with Gasteiger partial charge in [0.1, 0.15) is 0 Å². The first kappa shape index (κ1) is 9.99. The number of rotatable bonds is 3. The van der Waals surface area contributed by atoms with Crippen LogP contribution >= 0.6 is 12.6 Å². The average molecular weight is 194 g/mol. The van der Waals surface area contributed by atoms with Gasteiger partial charge in [-0.1, -0.05) is 18.7 Å². The normalized spacial score (nSPS) is 9.46. The van der Waals surface area contributed by atoms with Crippen LogP contribution in [0.4, 0.5) is 11.4 Å². The molecule has 0 fully saturated rings. The Balaban J connectivity index is 3.05. The van der Waals surface area contributed by atoms with Gasteiger partial charge in [-0.15, -0.1) is 12.6 Å². The molecular weight excluding hydrogens is 180 g/mol. The maximum atomic E-state index is 4.19. The summed E-state index contributed by atoms with van der Waals surface area (Å²) >= 11 is 4.19. The predicted molar refractivity (Wildman–Crippen MR) is 62.5 cm³/mol. The summed E-state index contributed by atoms with van der Waals surface area (Å²) < 4.78 is 0. The van der Waals surface area contributed by atoms with E-state index in [1.807, 2.05) is 43.3 Å². The minimum atomic E-state index is 0.725. The molecule has 70 valence electrons. The van der Waals surface area contributed by atoms with Crippen molar-refractivity contribution in [2.75, 3.05) is 24.3 Å². The van der Waals surface area contributed by atoms with E-state index in [0.29, 0.717) is 0 Å². The molecule has 1 aromatic carbocycles. The highest BCUT2D eigenvalue weighted by molar-refractivity contribution is 7.84. The fraction of sp³-hybridized carbons (Fsp3) is 0.200. The minimum Gasteiger partial charge on any atom is -0.386 e. The molecule has 1 rings (SSSR count). The third kappa shape index (κ3) is 2.18. The van der Waals surface area contributed by atoms with E-state index in [-0.39, 0.29) is 0 Å². The number of hydrogen-bond donors (Lipinski definition) is 2. The summed E-state index contributed by atoms with van der Waals surface area (Å²) in [7, 11) is 3.83. The van der Waals surface area contributed by atoms with Crippen molar-refractivity contribution in [3.8, 4) is 0 Å². The Morgan fingerprint density at radius 2 is 2.08 bits per heavy atom. The summed E-state index contributed by atoms with van der Waals surface area (Å²) in [6.45, 7) is 3.77. The Morgan fingerprint density at radius 3 is 2.62 bits per heavy atom. The average Bonchev–Trinajstić information content (AvgIpc) is 2.16. The summed E-state index contributed by atoms with van der Waals surface area (Å²) in [4.78, 5) is 1.93. The number of benzene rings is 1. The van der Waals surface area contributed by atoms with E-state index in [2.05, 4.69) is 24.5 Å². The van der Waals surface area contributed by atoms with Crippen LogP contribution in [0.5, 0.6) is 0 Å². The molecule has 0 spiro atoms. The van der Waals surface area contributed by atoms with Crippen LogP contribution in [0.1, 0.15) is 0 Å². The van der Waals surface area contributed by atoms with Crippen LogP contribution in [-0.2, 0) is 0 Å². The highest BCUT2D eigenvalue weighted by Gasteiger charge is 2.05. The lowest BCUT2D eigenvalue weighted by atomic mass is 10.2. The molecule has 0 aliphatic carbocycles. The van der Waals surface area contributed by atoms with Gasteiger partial charge in [0.05, 0.1) is 16.4 Å². The first-order valence-corrected chi connectivity index (χ1v) is 4.50. The quantitative estimate of drug-likeness (QED) is 0.719. The van der Waals surface area contributed by atoms with Crippen molar-refractivity contribution in [2.45, 2.75) is 0 Å². The zero-order valence-electron chi connectivity index (χ0n) is 7.91. The SMILES string of the molecule is C=C(S)N(C)c1ccccc1NC. The fourth-order valence-corrected chi connectivity index (χ4v) is 1.22. The number of nitrogens with one attached hydrogen (secondary N) is 1. The number of nitrogens with zero attached hydrogens (tertiary/aromatic N) is 1. The van der Waals surface area contributed by atoms with Crippen LogP contribution in [0.3, 0.4) is 0 Å². The molecule has 0 radical (unpaired) electrons. The molecule has 0 amide bonds. The van der Waals surface area contributed by atoms with E-state index in [1.54, 1.807) is 0 Å². The van der Waals surface area contributed by atoms with Gasteiger partial charge in [-0.05, 0) is 12.1 Å². The molecular formula is C10H14N2S. The Labute approximate surface area is 84.7 Å². The predicted octanol–water partition coefficient (Wildman–Crippen LogP) is 2.57. The third-order valence-corrected chi connectivity index (χ3v) is 2.22. The lowest BCUT2D eigenvalue weighted by Crippen LogP contribution is -2.13. The molecule has 3 heteroatoms. The Hall–Kier alpha value is -1.09. The van der Waals surface area contributed by atoms with Crippen molar-refractivity contribution >= 4 is 24.0 Å². The van der Waals surface area contributed by atoms with Crippen LogP contribution < -0.4 is 10.2 Å². The molecule has 0 aromatic heterocycles. The van der Waals surface area contributed by atoms with Gasteiger partial charge in [-0.2, -0.15) is 0 Å². The Bertz CT molecular complexity index is 310. The van der Waals surface area contributed by atoms with Gasteiger partial charge in [0, 0.05) is 14.1 Å². The molecule has 0 aliphatic rings. The fourth-order valence-electron chi connectivity index (χ4n) is 1.12. The number of para-hydroxylation sites is 2. The lowest BCUT2D eigenvalue weighted by molar-refractivity contribution is 1.19. The second kappa shape index (κ2) is 4.23. The summed E-state index contributed by atoms with van der Waals surface area (Å²) in [5.41, 5.74) is 2.14. The van der Waals surface area contributed by atoms with Gasteiger partial charge in [-0.25, -0.2) is 0 Å². The van der Waals surface area contributed by atoms with Crippen molar-refractivity contribution in [3.63, 3.8) is 0 Å². The molecule has 2 nitrogen and oxygen atoms in total. The van der Waals surface area contributed by atoms with E-state index < -0.39 is 0 Å². The van der Waals surface area contributed by atoms with Crippen LogP contribution in [0.25, 0.3) is 0 Å². The lowest BCUT2D eigenvalue weighted by Gasteiger charge is -2.21. The van der Waals surface area contributed by atoms with Crippen molar-refractivity contribution < 1.29 is 0 Å². The number of thiol groups is 1. The van der Waals surface area contributed by atoms with E-state index in [1.165, 1.54) is 0 Å². The zero-order chi connectivity index (χ0) is 9.84. The van der Waals surface area contributed by atoms with Crippen LogP contribution in [-0.4, -0.2) is 14.1 Å². The van der Waals surface area contributed by atoms with Gasteiger partial charge in [0.2, 0.25) is 0 Å². The summed E-state index contributed by atoms with van der Waals surface area (Å²) in [6, 6.07) is 8.02. The first-order chi connectivity index (χ1) is 6.16. The molecule has 0 aliphatic heterocycles. The Kier molecular flexibility index (Phi) is 3.25. The molecule has 0 saturated heterocycles. The molecule has 13 heavy (non-hydrogen) atoms. The largest absolute Gasteiger partial charge is 0.386 e. The maximum Gasteiger partial charge on any atom is 0.0647 e. The zero-order valence-corrected chi connectivity index (χ0v) is 8.81. The molecule has 0 atom stereocenters. The van der Waals surface area contributed by atoms with Gasteiger partial charge >= 0.3 is 0 Å². The number of hydrogen-bond acceptors (Lipinski definition) is 3. The second-order valence-electron chi connectivity index (χ2n) is 2.74. The van der Waals surface area contributed by atoms with E-state index in [4.69, 9.17) is 0 Å². The van der Waals surface area contributed by atoms with Crippen molar-refractivity contribution in [1.82, 2.24) is 0 Å². The van der Waals surface area contributed by atoms with Gasteiger partial charge in [0.25, 0.3) is 0 Å². The molecule has 0 unspecified atom stereocenters. The van der Waals surface area contributed by atoms with Gasteiger partial charge < -0.3 is 10.2 Å². The molecule has 0 bridgehead atoms. The van der Waals surface area contributed by atoms with Crippen molar-refractivity contribution in [3.05, 3.63) is 35.9 Å². The maximum absolute atomic E-state index is 4.19. The summed E-state index contributed by atoms with van der Waals surface area (Å²) in [5.74, 6) is 0. The van der Waals surface area contributed by atoms with Gasteiger partial charge in [0.15, 0.2) is 0 Å². The molecule has 1 aromatic rings. The van der Waals surface area contributed by atoms with E-state index in [9.17, 15) is 0 Å². The third-order valence-electron chi connectivity index (χ3n) is 1.92.